The van der Waals surface area contributed by atoms with Crippen LogP contribution in [0.2, 0.25) is 0 Å². The monoisotopic (exact) mass is 356 g/mol. The number of rotatable bonds is 7. The highest BCUT2D eigenvalue weighted by molar-refractivity contribution is 7.12. The first-order valence-corrected chi connectivity index (χ1v) is 8.92. The largest absolute Gasteiger partial charge is 0.484 e. The summed E-state index contributed by atoms with van der Waals surface area (Å²) < 4.78 is 7.25. The number of benzene rings is 1. The summed E-state index contributed by atoms with van der Waals surface area (Å²) in [6.07, 6.45) is 0.673. The van der Waals surface area contributed by atoms with E-state index in [-0.39, 0.29) is 12.5 Å². The molecule has 25 heavy (non-hydrogen) atoms. The first-order chi connectivity index (χ1) is 12.1. The number of ether oxygens (including phenoxy) is 1. The van der Waals surface area contributed by atoms with E-state index in [9.17, 15) is 4.79 Å². The average Bonchev–Trinajstić information content (AvgIpc) is 3.20. The molecule has 0 aliphatic heterocycles. The number of para-hydroxylation sites is 1. The number of aromatic nitrogens is 3. The summed E-state index contributed by atoms with van der Waals surface area (Å²) in [5.41, 5.74) is 2.97. The third-order valence-electron chi connectivity index (χ3n) is 3.55. The van der Waals surface area contributed by atoms with Gasteiger partial charge in [0.25, 0.3) is 5.91 Å². The van der Waals surface area contributed by atoms with Crippen molar-refractivity contribution in [1.82, 2.24) is 20.1 Å². The molecule has 2 heterocycles. The van der Waals surface area contributed by atoms with E-state index >= 15 is 0 Å². The number of carbonyl (C=O) groups excluding carboxylic acids is 1. The number of amides is 1. The fourth-order valence-electron chi connectivity index (χ4n) is 2.38. The van der Waals surface area contributed by atoms with E-state index in [2.05, 4.69) is 15.4 Å². The van der Waals surface area contributed by atoms with Crippen molar-refractivity contribution in [3.63, 3.8) is 0 Å². The lowest BCUT2D eigenvalue weighted by Crippen LogP contribution is -2.30. The molecule has 130 valence electrons. The second kappa shape index (κ2) is 7.94. The maximum Gasteiger partial charge on any atom is 0.257 e. The van der Waals surface area contributed by atoms with Crippen molar-refractivity contribution in [2.45, 2.75) is 20.3 Å². The van der Waals surface area contributed by atoms with Crippen molar-refractivity contribution >= 4 is 17.2 Å². The number of thiazole rings is 1. The lowest BCUT2D eigenvalue weighted by molar-refractivity contribution is -0.123. The number of carbonyl (C=O) groups is 1. The zero-order valence-electron chi connectivity index (χ0n) is 14.2. The third-order valence-corrected chi connectivity index (χ3v) is 4.41. The van der Waals surface area contributed by atoms with Crippen LogP contribution in [-0.4, -0.2) is 33.8 Å². The molecule has 1 amide bonds. The molecule has 1 aromatic carbocycles. The van der Waals surface area contributed by atoms with Crippen molar-refractivity contribution in [2.75, 3.05) is 13.2 Å². The Morgan fingerprint density at radius 3 is 2.80 bits per heavy atom. The molecule has 0 saturated heterocycles. The molecule has 3 rings (SSSR count). The molecule has 0 aliphatic carbocycles. The van der Waals surface area contributed by atoms with Gasteiger partial charge in [-0.15, -0.1) is 11.3 Å². The first-order valence-electron chi connectivity index (χ1n) is 8.04. The fourth-order valence-corrected chi connectivity index (χ4v) is 3.24. The summed E-state index contributed by atoms with van der Waals surface area (Å²) in [6, 6.07) is 11.3. The highest BCUT2D eigenvalue weighted by atomic mass is 32.1. The van der Waals surface area contributed by atoms with Gasteiger partial charge in [0.15, 0.2) is 6.61 Å². The van der Waals surface area contributed by atoms with Crippen LogP contribution in [0.15, 0.2) is 41.8 Å². The van der Waals surface area contributed by atoms with Crippen LogP contribution in [0.5, 0.6) is 5.75 Å². The van der Waals surface area contributed by atoms with Crippen LogP contribution in [0.4, 0.5) is 0 Å². The Hall–Kier alpha value is -2.67. The molecular formula is C18H20N4O2S. The van der Waals surface area contributed by atoms with E-state index in [1.54, 1.807) is 11.3 Å². The molecule has 0 spiro atoms. The minimum Gasteiger partial charge on any atom is -0.484 e. The van der Waals surface area contributed by atoms with Gasteiger partial charge in [-0.2, -0.15) is 5.10 Å². The quantitative estimate of drug-likeness (QED) is 0.707. The molecule has 0 unspecified atom stereocenters. The maximum atomic E-state index is 11.8. The normalized spacial score (nSPS) is 10.6. The standard InChI is InChI=1S/C18H20N4O2S/c1-13-10-14(2)22(21-13)18-20-15(12-25-18)8-9-19-17(23)11-24-16-6-4-3-5-7-16/h3-7,10,12H,8-9,11H2,1-2H3,(H,19,23). The van der Waals surface area contributed by atoms with Gasteiger partial charge in [0.2, 0.25) is 5.13 Å². The highest BCUT2D eigenvalue weighted by Gasteiger charge is 2.09. The number of hydrogen-bond donors (Lipinski definition) is 1. The molecule has 1 N–H and O–H groups in total. The van der Waals surface area contributed by atoms with Crippen molar-refractivity contribution in [3.8, 4) is 10.9 Å². The predicted molar refractivity (Wildman–Crippen MR) is 97.4 cm³/mol. The van der Waals surface area contributed by atoms with Gasteiger partial charge in [-0.1, -0.05) is 18.2 Å². The second-order valence-corrected chi connectivity index (χ2v) is 6.50. The van der Waals surface area contributed by atoms with Gasteiger partial charge in [0, 0.05) is 24.0 Å². The molecule has 7 heteroatoms. The summed E-state index contributed by atoms with van der Waals surface area (Å²) in [7, 11) is 0. The van der Waals surface area contributed by atoms with Crippen LogP contribution < -0.4 is 10.1 Å². The van der Waals surface area contributed by atoms with E-state index in [4.69, 9.17) is 4.74 Å². The lowest BCUT2D eigenvalue weighted by atomic mass is 10.3. The van der Waals surface area contributed by atoms with Gasteiger partial charge in [-0.05, 0) is 32.0 Å². The predicted octanol–water partition coefficient (Wildman–Crippen LogP) is 2.68. The number of aryl methyl sites for hydroxylation is 2. The summed E-state index contributed by atoms with van der Waals surface area (Å²) in [5, 5.41) is 10.1. The van der Waals surface area contributed by atoms with Crippen LogP contribution in [0.3, 0.4) is 0 Å². The Morgan fingerprint density at radius 1 is 1.28 bits per heavy atom. The molecule has 0 radical (unpaired) electrons. The van der Waals surface area contributed by atoms with Crippen molar-refractivity contribution < 1.29 is 9.53 Å². The average molecular weight is 356 g/mol. The molecule has 3 aromatic rings. The van der Waals surface area contributed by atoms with Crippen LogP contribution in [-0.2, 0) is 11.2 Å². The van der Waals surface area contributed by atoms with E-state index in [1.807, 2.05) is 60.3 Å². The Bertz CT molecular complexity index is 842. The molecule has 0 bridgehead atoms. The van der Waals surface area contributed by atoms with Crippen LogP contribution in [0.25, 0.3) is 5.13 Å². The van der Waals surface area contributed by atoms with Gasteiger partial charge >= 0.3 is 0 Å². The van der Waals surface area contributed by atoms with Crippen molar-refractivity contribution in [3.05, 3.63) is 58.9 Å². The van der Waals surface area contributed by atoms with Gasteiger partial charge in [-0.25, -0.2) is 9.67 Å². The van der Waals surface area contributed by atoms with E-state index in [1.165, 1.54) is 0 Å². The Labute approximate surface area is 150 Å². The van der Waals surface area contributed by atoms with Crippen molar-refractivity contribution in [2.24, 2.45) is 0 Å². The maximum absolute atomic E-state index is 11.8. The summed E-state index contributed by atoms with van der Waals surface area (Å²) in [6.45, 7) is 4.51. The highest BCUT2D eigenvalue weighted by Crippen LogP contribution is 2.17. The van der Waals surface area contributed by atoms with Crippen LogP contribution >= 0.6 is 11.3 Å². The molecule has 2 aromatic heterocycles. The summed E-state index contributed by atoms with van der Waals surface area (Å²) in [4.78, 5) is 16.4. The minimum absolute atomic E-state index is 0.0120. The second-order valence-electron chi connectivity index (χ2n) is 5.66. The van der Waals surface area contributed by atoms with E-state index < -0.39 is 0 Å². The molecule has 0 aliphatic rings. The molecule has 0 saturated carbocycles. The first kappa shape index (κ1) is 17.2. The van der Waals surface area contributed by atoms with Gasteiger partial charge in [0.05, 0.1) is 11.4 Å². The van der Waals surface area contributed by atoms with Crippen LogP contribution in [0.1, 0.15) is 17.1 Å². The summed E-state index contributed by atoms with van der Waals surface area (Å²) in [5.74, 6) is 0.546. The third kappa shape index (κ3) is 4.67. The fraction of sp³-hybridized carbons (Fsp3) is 0.278. The van der Waals surface area contributed by atoms with Gasteiger partial charge in [-0.3, -0.25) is 4.79 Å². The SMILES string of the molecule is Cc1cc(C)n(-c2nc(CCNC(=O)COc3ccccc3)cs2)n1. The van der Waals surface area contributed by atoms with E-state index in [0.29, 0.717) is 18.7 Å². The molecule has 0 atom stereocenters. The number of nitrogens with zero attached hydrogens (tertiary/aromatic N) is 3. The van der Waals surface area contributed by atoms with E-state index in [0.717, 1.165) is 22.2 Å². The lowest BCUT2D eigenvalue weighted by Gasteiger charge is -2.06. The summed E-state index contributed by atoms with van der Waals surface area (Å²) >= 11 is 1.55. The van der Waals surface area contributed by atoms with Crippen molar-refractivity contribution in [1.29, 1.82) is 0 Å². The molecular weight excluding hydrogens is 336 g/mol. The topological polar surface area (TPSA) is 69.0 Å². The van der Waals surface area contributed by atoms with Crippen LogP contribution in [0, 0.1) is 13.8 Å². The molecule has 0 fully saturated rings. The Kier molecular flexibility index (Phi) is 5.45. The van der Waals surface area contributed by atoms with Gasteiger partial charge < -0.3 is 10.1 Å². The minimum atomic E-state index is -0.141. The Balaban J connectivity index is 1.45. The Morgan fingerprint density at radius 2 is 2.08 bits per heavy atom. The van der Waals surface area contributed by atoms with Gasteiger partial charge in [0.1, 0.15) is 5.75 Å². The number of hydrogen-bond acceptors (Lipinski definition) is 5. The smallest absolute Gasteiger partial charge is 0.257 e. The zero-order valence-corrected chi connectivity index (χ0v) is 15.0. The number of nitrogens with one attached hydrogen (secondary N) is 1. The zero-order chi connectivity index (χ0) is 17.6. The molecule has 6 nitrogen and oxygen atoms in total.